The van der Waals surface area contributed by atoms with Crippen LogP contribution in [0, 0.1) is 0 Å². The first-order valence-corrected chi connectivity index (χ1v) is 9.97. The summed E-state index contributed by atoms with van der Waals surface area (Å²) in [4.78, 5) is 12.8. The van der Waals surface area contributed by atoms with E-state index in [1.807, 2.05) is 42.5 Å². The first kappa shape index (κ1) is 20.3. The number of ether oxygens (including phenoxy) is 2. The average Bonchev–Trinajstić information content (AvgIpc) is 3.26. The molecule has 158 valence electrons. The van der Waals surface area contributed by atoms with Gasteiger partial charge in [0.05, 0.1) is 12.2 Å². The van der Waals surface area contributed by atoms with Gasteiger partial charge in [0.25, 0.3) is 0 Å². The van der Waals surface area contributed by atoms with Gasteiger partial charge in [0.2, 0.25) is 5.95 Å². The number of hydrogen-bond acceptors (Lipinski definition) is 7. The molecule has 1 atom stereocenters. The monoisotopic (exact) mass is 417 g/mol. The highest BCUT2D eigenvalue weighted by Crippen LogP contribution is 2.35. The van der Waals surface area contributed by atoms with Gasteiger partial charge in [-0.15, -0.1) is 0 Å². The lowest BCUT2D eigenvalue weighted by Gasteiger charge is -2.27. The molecule has 4 rings (SSSR count). The number of esters is 1. The number of anilines is 1. The molecule has 0 amide bonds. The van der Waals surface area contributed by atoms with E-state index < -0.39 is 12.0 Å². The van der Waals surface area contributed by atoms with Crippen molar-refractivity contribution < 1.29 is 14.3 Å². The van der Waals surface area contributed by atoms with Crippen LogP contribution in [0.4, 0.5) is 5.95 Å². The summed E-state index contributed by atoms with van der Waals surface area (Å²) in [7, 11) is 0. The normalized spacial score (nSPS) is 15.1. The Labute approximate surface area is 180 Å². The molecule has 1 N–H and O–H groups in total. The summed E-state index contributed by atoms with van der Waals surface area (Å²) in [5.41, 5.74) is 3.16. The van der Waals surface area contributed by atoms with Crippen molar-refractivity contribution in [3.05, 3.63) is 89.6 Å². The molecule has 31 heavy (non-hydrogen) atoms. The van der Waals surface area contributed by atoms with Gasteiger partial charge in [0.1, 0.15) is 18.4 Å². The number of aromatic nitrogens is 4. The number of fused-ring (bicyclic) bond motifs is 1. The van der Waals surface area contributed by atoms with Gasteiger partial charge in [-0.05, 0) is 40.6 Å². The Kier molecular flexibility index (Phi) is 6.07. The van der Waals surface area contributed by atoms with Crippen LogP contribution in [-0.4, -0.2) is 39.4 Å². The molecule has 0 bridgehead atoms. The third-order valence-corrected chi connectivity index (χ3v) is 4.96. The van der Waals surface area contributed by atoms with Gasteiger partial charge in [0.15, 0.2) is 0 Å². The highest BCUT2D eigenvalue weighted by Gasteiger charge is 2.34. The number of carbonyl (C=O) groups is 1. The summed E-state index contributed by atoms with van der Waals surface area (Å²) in [6, 6.07) is 17.3. The smallest absolute Gasteiger partial charge is 0.338 e. The lowest BCUT2D eigenvalue weighted by molar-refractivity contribution is -0.138. The predicted molar refractivity (Wildman–Crippen MR) is 116 cm³/mol. The second-order valence-electron chi connectivity index (χ2n) is 7.05. The second kappa shape index (κ2) is 9.25. The van der Waals surface area contributed by atoms with Crippen LogP contribution in [0.1, 0.15) is 24.1 Å². The summed E-state index contributed by atoms with van der Waals surface area (Å²) >= 11 is 0. The molecule has 0 spiro atoms. The van der Waals surface area contributed by atoms with Crippen LogP contribution in [0.5, 0.6) is 5.75 Å². The van der Waals surface area contributed by atoms with Crippen molar-refractivity contribution in [1.82, 2.24) is 20.2 Å². The zero-order valence-electron chi connectivity index (χ0n) is 17.2. The number of hydrogen-bond donors (Lipinski definition) is 1. The van der Waals surface area contributed by atoms with Crippen molar-refractivity contribution in [2.75, 3.05) is 18.5 Å². The van der Waals surface area contributed by atoms with Crippen molar-refractivity contribution in [2.45, 2.75) is 19.4 Å². The molecule has 1 aliphatic rings. The number of nitrogens with one attached hydrogen (secondary N) is 1. The van der Waals surface area contributed by atoms with Crippen molar-refractivity contribution in [3.8, 4) is 5.75 Å². The Morgan fingerprint density at radius 2 is 1.97 bits per heavy atom. The van der Waals surface area contributed by atoms with Crippen LogP contribution in [0.25, 0.3) is 0 Å². The summed E-state index contributed by atoms with van der Waals surface area (Å²) < 4.78 is 12.8. The van der Waals surface area contributed by atoms with E-state index in [0.29, 0.717) is 23.8 Å². The molecular weight excluding hydrogens is 394 g/mol. The molecule has 0 fully saturated rings. The molecule has 0 saturated heterocycles. The van der Waals surface area contributed by atoms with E-state index in [0.717, 1.165) is 17.7 Å². The first-order chi connectivity index (χ1) is 15.2. The van der Waals surface area contributed by atoms with Crippen LogP contribution in [-0.2, 0) is 16.0 Å². The fourth-order valence-electron chi connectivity index (χ4n) is 3.47. The summed E-state index contributed by atoms with van der Waals surface area (Å²) in [6.07, 6.45) is 2.36. The number of benzene rings is 2. The van der Waals surface area contributed by atoms with Gasteiger partial charge in [-0.25, -0.2) is 4.79 Å². The zero-order chi connectivity index (χ0) is 21.6. The Hall–Kier alpha value is -3.94. The Bertz CT molecular complexity index is 1090. The van der Waals surface area contributed by atoms with Crippen molar-refractivity contribution in [3.63, 3.8) is 0 Å². The van der Waals surface area contributed by atoms with Gasteiger partial charge in [-0.1, -0.05) is 60.2 Å². The highest BCUT2D eigenvalue weighted by molar-refractivity contribution is 5.92. The lowest BCUT2D eigenvalue weighted by Crippen LogP contribution is -2.29. The molecule has 1 aliphatic heterocycles. The van der Waals surface area contributed by atoms with E-state index in [4.69, 9.17) is 9.47 Å². The van der Waals surface area contributed by atoms with E-state index >= 15 is 0 Å². The molecule has 1 aromatic heterocycles. The van der Waals surface area contributed by atoms with E-state index in [2.05, 4.69) is 39.6 Å². The maximum Gasteiger partial charge on any atom is 0.338 e. The molecule has 3 aromatic rings. The van der Waals surface area contributed by atoms with Crippen LogP contribution in [0.15, 0.2) is 78.5 Å². The average molecular weight is 417 g/mol. The minimum Gasteiger partial charge on any atom is -0.493 e. The topological polar surface area (TPSA) is 91.2 Å². The fraction of sp³-hybridized carbons (Fsp3) is 0.217. The number of allylic oxidation sites excluding steroid dienone is 1. The molecule has 8 heteroatoms. The van der Waals surface area contributed by atoms with Gasteiger partial charge >= 0.3 is 5.97 Å². The van der Waals surface area contributed by atoms with Gasteiger partial charge in [-0.2, -0.15) is 4.68 Å². The minimum absolute atomic E-state index is 0.124. The summed E-state index contributed by atoms with van der Waals surface area (Å²) in [5.74, 6) is 0.771. The lowest BCUT2D eigenvalue weighted by atomic mass is 9.96. The van der Waals surface area contributed by atoms with Crippen molar-refractivity contribution in [1.29, 1.82) is 0 Å². The van der Waals surface area contributed by atoms with Crippen LogP contribution in [0.3, 0.4) is 0 Å². The Morgan fingerprint density at radius 3 is 2.71 bits per heavy atom. The molecule has 0 radical (unpaired) electrons. The molecular formula is C23H23N5O3. The van der Waals surface area contributed by atoms with E-state index in [1.54, 1.807) is 11.6 Å². The number of nitrogens with zero attached hydrogens (tertiary/aromatic N) is 4. The Balaban J connectivity index is 1.53. The third kappa shape index (κ3) is 4.48. The minimum atomic E-state index is -0.512. The standard InChI is InChI=1S/C23H23N5O3/c1-3-14-31-22(29)20-16(2)24-23-25-26-27-28(23)21(20)18-9-11-19(12-10-18)30-15-13-17-7-5-4-6-8-17/h3-12,21H,1,13-15H2,2H3,(H,24,25,27). The Morgan fingerprint density at radius 1 is 1.19 bits per heavy atom. The summed E-state index contributed by atoms with van der Waals surface area (Å²) in [6.45, 7) is 6.10. The van der Waals surface area contributed by atoms with E-state index in [-0.39, 0.29) is 6.61 Å². The molecule has 2 aromatic carbocycles. The number of tetrazole rings is 1. The molecule has 8 nitrogen and oxygen atoms in total. The maximum atomic E-state index is 12.8. The quantitative estimate of drug-likeness (QED) is 0.444. The first-order valence-electron chi connectivity index (χ1n) is 9.97. The predicted octanol–water partition coefficient (Wildman–Crippen LogP) is 3.31. The van der Waals surface area contributed by atoms with Crippen LogP contribution >= 0.6 is 0 Å². The maximum absolute atomic E-state index is 12.8. The van der Waals surface area contributed by atoms with Gasteiger partial charge < -0.3 is 14.8 Å². The van der Waals surface area contributed by atoms with Gasteiger partial charge in [-0.3, -0.25) is 0 Å². The number of rotatable bonds is 8. The molecule has 2 heterocycles. The fourth-order valence-corrected chi connectivity index (χ4v) is 3.47. The molecule has 0 aliphatic carbocycles. The second-order valence-corrected chi connectivity index (χ2v) is 7.05. The SMILES string of the molecule is C=CCOC(=O)C1=C(C)Nc2nnnn2C1c1ccc(OCCc2ccccc2)cc1. The zero-order valence-corrected chi connectivity index (χ0v) is 17.2. The molecule has 1 unspecified atom stereocenters. The molecule has 0 saturated carbocycles. The summed E-state index contributed by atoms with van der Waals surface area (Å²) in [5, 5.41) is 14.9. The number of carbonyl (C=O) groups excluding carboxylic acids is 1. The van der Waals surface area contributed by atoms with Crippen molar-refractivity contribution in [2.24, 2.45) is 0 Å². The van der Waals surface area contributed by atoms with Crippen molar-refractivity contribution >= 4 is 11.9 Å². The van der Waals surface area contributed by atoms with Gasteiger partial charge in [0, 0.05) is 12.1 Å². The third-order valence-electron chi connectivity index (χ3n) is 4.96. The van der Waals surface area contributed by atoms with Crippen LogP contribution < -0.4 is 10.1 Å². The largest absolute Gasteiger partial charge is 0.493 e. The highest BCUT2D eigenvalue weighted by atomic mass is 16.5. The van der Waals surface area contributed by atoms with Crippen LogP contribution in [0.2, 0.25) is 0 Å². The van der Waals surface area contributed by atoms with E-state index in [1.165, 1.54) is 11.6 Å². The van der Waals surface area contributed by atoms with E-state index in [9.17, 15) is 4.79 Å².